The fraction of sp³-hybridized carbons (Fsp3) is 0.0833. The first kappa shape index (κ1) is 62.4. The molecule has 13 heteroatoms. The zero-order valence-electron chi connectivity index (χ0n) is 59.9. The zero-order chi connectivity index (χ0) is 72.0. The summed E-state index contributed by atoms with van der Waals surface area (Å²) in [7, 11) is 8.65. The van der Waals surface area contributed by atoms with E-state index in [0.29, 0.717) is 26.4 Å². The van der Waals surface area contributed by atoms with Crippen LogP contribution in [0.4, 0.5) is 34.1 Å². The molecule has 2 aliphatic heterocycles. The minimum atomic E-state index is 0.463. The van der Waals surface area contributed by atoms with Crippen molar-refractivity contribution in [3.63, 3.8) is 0 Å². The van der Waals surface area contributed by atoms with E-state index in [1.165, 1.54) is 129 Å². The van der Waals surface area contributed by atoms with Gasteiger partial charge in [0, 0.05) is 181 Å². The lowest BCUT2D eigenvalue weighted by Gasteiger charge is -2.26. The average molecular weight is 1460 g/mol. The van der Waals surface area contributed by atoms with Crippen LogP contribution in [0.5, 0.6) is 23.0 Å². The molecule has 0 bridgehead atoms. The molecule has 0 radical (unpaired) electrons. The van der Waals surface area contributed by atoms with E-state index in [0.717, 1.165) is 98.9 Å². The summed E-state index contributed by atoms with van der Waals surface area (Å²) in [6.45, 7) is 1.86. The number of anilines is 6. The van der Waals surface area contributed by atoms with Crippen LogP contribution in [0, 0.1) is 0 Å². The predicted octanol–water partition coefficient (Wildman–Crippen LogP) is 26.2. The molecular weight excluding hydrogens is 1400 g/mol. The normalized spacial score (nSPS) is 13.1. The van der Waals surface area contributed by atoms with Crippen LogP contribution in [-0.2, 0) is 28.2 Å². The maximum absolute atomic E-state index is 6.80. The topological polar surface area (TPSA) is 63.1 Å². The molecule has 21 aromatic rings. The molecule has 522 valence electrons. The Kier molecular flexibility index (Phi) is 13.7. The van der Waals surface area contributed by atoms with Crippen molar-refractivity contribution in [2.75, 3.05) is 36.2 Å². The molecule has 0 spiro atoms. The molecule has 10 nitrogen and oxygen atoms in total. The van der Waals surface area contributed by atoms with E-state index >= 15 is 0 Å². The SMILES string of the molecule is Cn1c2ccccc2c2cc(N(c3ccc(-c4sc(-c5cc6sc7cc(-c8sc(-c9ccc(N(c%10ccc%11c(c%10)c%10ccccc%10n%11C)c%10ccc%11c(c%10)c%10ccccc%10n%11C)cc9)c9c8OCCO9)c8ccccc8c7c6c6ccccc56)c5c4OCCO5)cc3)c3ccc4c(c3)c3ccccc3n4C)ccc21. The highest BCUT2D eigenvalue weighted by atomic mass is 32.1. The maximum Gasteiger partial charge on any atom is 0.180 e. The van der Waals surface area contributed by atoms with Crippen LogP contribution in [-0.4, -0.2) is 44.7 Å². The Bertz CT molecular complexity index is 6770. The van der Waals surface area contributed by atoms with Gasteiger partial charge in [-0.2, -0.15) is 0 Å². The van der Waals surface area contributed by atoms with E-state index < -0.39 is 0 Å². The summed E-state index contributed by atoms with van der Waals surface area (Å²) in [6, 6.07) is 103. The zero-order valence-corrected chi connectivity index (χ0v) is 62.4. The maximum atomic E-state index is 6.80. The minimum absolute atomic E-state index is 0.463. The van der Waals surface area contributed by atoms with E-state index in [9.17, 15) is 0 Å². The van der Waals surface area contributed by atoms with Crippen molar-refractivity contribution in [3.8, 4) is 64.8 Å². The van der Waals surface area contributed by atoms with E-state index in [-0.39, 0.29) is 0 Å². The number of para-hydroxylation sites is 4. The lowest BCUT2D eigenvalue weighted by Crippen LogP contribution is -2.14. The highest BCUT2D eigenvalue weighted by Gasteiger charge is 2.32. The van der Waals surface area contributed by atoms with Gasteiger partial charge >= 0.3 is 0 Å². The summed E-state index contributed by atoms with van der Waals surface area (Å²) in [4.78, 5) is 9.02. The van der Waals surface area contributed by atoms with Crippen LogP contribution >= 0.6 is 34.0 Å². The van der Waals surface area contributed by atoms with Crippen molar-refractivity contribution in [3.05, 3.63) is 279 Å². The van der Waals surface area contributed by atoms with Crippen LogP contribution in [0.25, 0.3) is 171 Å². The number of aryl methyl sites for hydroxylation is 4. The second kappa shape index (κ2) is 23.9. The molecule has 0 aliphatic carbocycles. The first-order chi connectivity index (χ1) is 53.7. The molecule has 2 aliphatic rings. The van der Waals surface area contributed by atoms with Crippen LogP contribution in [0.2, 0.25) is 0 Å². The summed E-state index contributed by atoms with van der Waals surface area (Å²) < 4.78 is 38.7. The van der Waals surface area contributed by atoms with Gasteiger partial charge in [-0.05, 0) is 166 Å². The molecule has 9 heterocycles. The molecule has 0 unspecified atom stereocenters. The first-order valence-electron chi connectivity index (χ1n) is 37.1. The van der Waals surface area contributed by atoms with Gasteiger partial charge in [-0.1, -0.05) is 146 Å². The minimum Gasteiger partial charge on any atom is -0.485 e. The van der Waals surface area contributed by atoms with Crippen molar-refractivity contribution in [2.24, 2.45) is 28.2 Å². The van der Waals surface area contributed by atoms with Gasteiger partial charge in [0.15, 0.2) is 23.0 Å². The van der Waals surface area contributed by atoms with Gasteiger partial charge in [0.25, 0.3) is 0 Å². The van der Waals surface area contributed by atoms with E-state index in [1.54, 1.807) is 22.7 Å². The lowest BCUT2D eigenvalue weighted by atomic mass is 9.94. The van der Waals surface area contributed by atoms with Crippen LogP contribution in [0.1, 0.15) is 0 Å². The van der Waals surface area contributed by atoms with Crippen molar-refractivity contribution in [1.29, 1.82) is 0 Å². The average Bonchev–Trinajstić information content (AvgIpc) is 1.60. The second-order valence-electron chi connectivity index (χ2n) is 28.9. The molecule has 0 amide bonds. The molecule has 109 heavy (non-hydrogen) atoms. The number of benzene rings is 14. The quantitative estimate of drug-likeness (QED) is 0.136. The molecule has 0 fully saturated rings. The third-order valence-corrected chi connectivity index (χ3v) is 26.7. The van der Waals surface area contributed by atoms with Crippen molar-refractivity contribution in [1.82, 2.24) is 18.3 Å². The number of ether oxygens (including phenoxy) is 4. The summed E-state index contributed by atoms with van der Waals surface area (Å²) in [5, 5.41) is 17.0. The highest BCUT2D eigenvalue weighted by molar-refractivity contribution is 7.26. The van der Waals surface area contributed by atoms with Gasteiger partial charge in [-0.15, -0.1) is 34.0 Å². The lowest BCUT2D eigenvalue weighted by molar-refractivity contribution is 0.175. The number of hydrogen-bond donors (Lipinski definition) is 0. The Labute approximate surface area is 638 Å². The Balaban J connectivity index is 0.629. The van der Waals surface area contributed by atoms with Gasteiger partial charge in [0.1, 0.15) is 26.4 Å². The molecular formula is C96H66N6O4S3. The summed E-state index contributed by atoms with van der Waals surface area (Å²) in [5.41, 5.74) is 20.4. The fourth-order valence-electron chi connectivity index (χ4n) is 18.1. The summed E-state index contributed by atoms with van der Waals surface area (Å²) in [5.74, 6) is 3.18. The molecule has 14 aromatic carbocycles. The third-order valence-electron chi connectivity index (χ3n) is 23.2. The number of rotatable bonds is 10. The van der Waals surface area contributed by atoms with E-state index in [1.807, 2.05) is 11.3 Å². The highest BCUT2D eigenvalue weighted by Crippen LogP contribution is 2.60. The third kappa shape index (κ3) is 9.24. The fourth-order valence-corrected chi connectivity index (χ4v) is 21.8. The standard InChI is InChI=1S/C96H66N6O4S3/c1-97-77-25-13-9-19-65(77)71-49-59(37-41-81(71)97)101(60-38-42-82-72(50-60)66-20-10-14-26-78(66)98(82)2)57-33-29-55(30-34-57)93-89-91(105-47-45-103-89)95(108-93)75-53-85-87(69-23-7-5-17-63(69)75)88-70-24-8-6-18-64(70)76(54-86(88)107-85)96-92-90(104-46-48-106-92)94(109-96)56-31-35-58(36-32-56)102(61-39-43-83-73(51-61)67-21-11-15-27-79(67)99(83)3)62-40-44-84-74(52-62)68-22-12-16-28-80(68)100(84)4/h5-44,49-54H,45-48H2,1-4H3. The van der Waals surface area contributed by atoms with Gasteiger partial charge in [-0.3, -0.25) is 0 Å². The van der Waals surface area contributed by atoms with Crippen molar-refractivity contribution >= 4 is 197 Å². The van der Waals surface area contributed by atoms with Gasteiger partial charge in [0.05, 0.1) is 19.5 Å². The first-order valence-corrected chi connectivity index (χ1v) is 39.5. The predicted molar refractivity (Wildman–Crippen MR) is 459 cm³/mol. The van der Waals surface area contributed by atoms with Crippen LogP contribution in [0.3, 0.4) is 0 Å². The molecule has 0 atom stereocenters. The molecule has 0 N–H and O–H groups in total. The van der Waals surface area contributed by atoms with Crippen molar-refractivity contribution in [2.45, 2.75) is 0 Å². The van der Waals surface area contributed by atoms with Gasteiger partial charge in [0.2, 0.25) is 0 Å². The van der Waals surface area contributed by atoms with Crippen molar-refractivity contribution < 1.29 is 18.9 Å². The number of aromatic nitrogens is 4. The molecule has 0 saturated heterocycles. The Morgan fingerprint density at radius 2 is 0.495 bits per heavy atom. The van der Waals surface area contributed by atoms with E-state index in [2.05, 4.69) is 335 Å². The second-order valence-corrected chi connectivity index (χ2v) is 32.0. The number of thiophene rings is 3. The Morgan fingerprint density at radius 3 is 0.807 bits per heavy atom. The molecule has 0 saturated carbocycles. The van der Waals surface area contributed by atoms with Gasteiger partial charge in [-0.25, -0.2) is 0 Å². The smallest absolute Gasteiger partial charge is 0.180 e. The van der Waals surface area contributed by atoms with Gasteiger partial charge < -0.3 is 47.0 Å². The largest absolute Gasteiger partial charge is 0.485 e. The number of nitrogens with zero attached hydrogens (tertiary/aromatic N) is 6. The monoisotopic (exact) mass is 1460 g/mol. The Morgan fingerprint density at radius 1 is 0.239 bits per heavy atom. The molecule has 7 aromatic heterocycles. The summed E-state index contributed by atoms with van der Waals surface area (Å²) >= 11 is 5.36. The number of hydrogen-bond acceptors (Lipinski definition) is 9. The summed E-state index contributed by atoms with van der Waals surface area (Å²) in [6.07, 6.45) is 0. The molecule has 23 rings (SSSR count). The van der Waals surface area contributed by atoms with E-state index in [4.69, 9.17) is 18.9 Å². The van der Waals surface area contributed by atoms with Crippen LogP contribution in [0.15, 0.2) is 279 Å². The Hall–Kier alpha value is -12.8. The van der Waals surface area contributed by atoms with Crippen LogP contribution < -0.4 is 28.7 Å². The number of fused-ring (bicyclic) bond motifs is 21.